The van der Waals surface area contributed by atoms with Gasteiger partial charge < -0.3 is 9.47 Å². The second-order valence-electron chi connectivity index (χ2n) is 6.42. The number of ether oxygens (including phenoxy) is 2. The normalized spacial score (nSPS) is 11.0. The minimum absolute atomic E-state index is 0.0456. The fraction of sp³-hybridized carbons (Fsp3) is 0.300. The molecule has 0 fully saturated rings. The van der Waals surface area contributed by atoms with Gasteiger partial charge in [-0.1, -0.05) is 11.6 Å². The van der Waals surface area contributed by atoms with Gasteiger partial charge in [0.15, 0.2) is 5.75 Å². The van der Waals surface area contributed by atoms with E-state index in [0.717, 1.165) is 10.5 Å². The van der Waals surface area contributed by atoms with Gasteiger partial charge in [0, 0.05) is 21.5 Å². The third-order valence-electron chi connectivity index (χ3n) is 3.82. The highest BCUT2D eigenvalue weighted by Crippen LogP contribution is 2.38. The number of hydrogen-bond donors (Lipinski definition) is 1. The molecule has 0 unspecified atom stereocenters. The summed E-state index contributed by atoms with van der Waals surface area (Å²) in [4.78, 5) is 24.1. The van der Waals surface area contributed by atoms with E-state index in [4.69, 9.17) is 21.1 Å². The number of methoxy groups -OCH3 is 1. The molecule has 0 saturated carbocycles. The molecule has 0 aliphatic carbocycles. The van der Waals surface area contributed by atoms with Crippen LogP contribution in [0.4, 0.5) is 5.69 Å². The van der Waals surface area contributed by atoms with Gasteiger partial charge in [-0.3, -0.25) is 14.9 Å². The van der Waals surface area contributed by atoms with Crippen molar-refractivity contribution >= 4 is 41.2 Å². The standard InChI is InChI=1S/C20H22ClN3O5S/c1-12(2)29-20-16(24(26)27)7-13(8-17(20)28-3)11-22-23-19(25)10-14-9-15(21)5-6-18(14)30-4/h5-9,11-12H,10H2,1-4H3,(H,23,25)/b22-11-. The van der Waals surface area contributed by atoms with E-state index in [9.17, 15) is 14.9 Å². The predicted octanol–water partition coefficient (Wildman–Crippen LogP) is 4.46. The Kier molecular flexibility index (Phi) is 8.49. The first-order valence-electron chi connectivity index (χ1n) is 8.92. The van der Waals surface area contributed by atoms with Gasteiger partial charge in [0.2, 0.25) is 11.7 Å². The number of hydrogen-bond acceptors (Lipinski definition) is 7. The maximum atomic E-state index is 12.2. The Bertz CT molecular complexity index is 966. The molecule has 0 aromatic heterocycles. The molecular formula is C20H22ClN3O5S. The lowest BCUT2D eigenvalue weighted by Gasteiger charge is -2.14. The summed E-state index contributed by atoms with van der Waals surface area (Å²) in [5.41, 5.74) is 3.33. The molecular weight excluding hydrogens is 430 g/mol. The number of carbonyl (C=O) groups excluding carboxylic acids is 1. The van der Waals surface area contributed by atoms with Crippen LogP contribution in [-0.4, -0.2) is 36.5 Å². The summed E-state index contributed by atoms with van der Waals surface area (Å²) in [6.45, 7) is 3.52. The van der Waals surface area contributed by atoms with Crippen molar-refractivity contribution in [1.29, 1.82) is 0 Å². The number of hydrazone groups is 1. The van der Waals surface area contributed by atoms with Crippen LogP contribution in [-0.2, 0) is 11.2 Å². The van der Waals surface area contributed by atoms with E-state index in [1.54, 1.807) is 32.0 Å². The van der Waals surface area contributed by atoms with Crippen LogP contribution in [0.3, 0.4) is 0 Å². The molecule has 2 aromatic carbocycles. The second kappa shape index (κ2) is 10.8. The van der Waals surface area contributed by atoms with Gasteiger partial charge in [-0.05, 0) is 49.9 Å². The molecule has 0 aliphatic rings. The number of nitro benzene ring substituents is 1. The molecule has 1 amide bonds. The van der Waals surface area contributed by atoms with Crippen LogP contribution in [0.25, 0.3) is 0 Å². The van der Waals surface area contributed by atoms with Crippen molar-refractivity contribution in [3.63, 3.8) is 0 Å². The van der Waals surface area contributed by atoms with E-state index in [1.807, 2.05) is 12.3 Å². The van der Waals surface area contributed by atoms with Gasteiger partial charge in [0.25, 0.3) is 0 Å². The highest BCUT2D eigenvalue weighted by atomic mass is 35.5. The largest absolute Gasteiger partial charge is 0.493 e. The molecule has 0 spiro atoms. The van der Waals surface area contributed by atoms with Gasteiger partial charge in [-0.2, -0.15) is 5.10 Å². The Morgan fingerprint density at radius 2 is 2.10 bits per heavy atom. The average molecular weight is 452 g/mol. The van der Waals surface area contributed by atoms with E-state index in [2.05, 4.69) is 10.5 Å². The number of amides is 1. The van der Waals surface area contributed by atoms with Gasteiger partial charge in [0.1, 0.15) is 0 Å². The Hall–Kier alpha value is -2.78. The minimum atomic E-state index is -0.556. The number of thioether (sulfide) groups is 1. The molecule has 0 aliphatic heterocycles. The molecule has 0 saturated heterocycles. The number of benzene rings is 2. The monoisotopic (exact) mass is 451 g/mol. The van der Waals surface area contributed by atoms with Gasteiger partial charge in [-0.15, -0.1) is 11.8 Å². The molecule has 1 N–H and O–H groups in total. The second-order valence-corrected chi connectivity index (χ2v) is 7.71. The van der Waals surface area contributed by atoms with Gasteiger partial charge in [0.05, 0.1) is 30.8 Å². The molecule has 0 radical (unpaired) electrons. The summed E-state index contributed by atoms with van der Waals surface area (Å²) in [7, 11) is 1.39. The van der Waals surface area contributed by atoms with Crippen LogP contribution in [0, 0.1) is 10.1 Å². The molecule has 160 valence electrons. The number of halogens is 1. The summed E-state index contributed by atoms with van der Waals surface area (Å²) in [6.07, 6.45) is 3.04. The first-order valence-corrected chi connectivity index (χ1v) is 10.5. The summed E-state index contributed by atoms with van der Waals surface area (Å²) in [6, 6.07) is 8.20. The van der Waals surface area contributed by atoms with Crippen LogP contribution in [0.1, 0.15) is 25.0 Å². The van der Waals surface area contributed by atoms with Gasteiger partial charge in [-0.25, -0.2) is 5.43 Å². The first-order chi connectivity index (χ1) is 14.2. The molecule has 2 rings (SSSR count). The molecule has 30 heavy (non-hydrogen) atoms. The van der Waals surface area contributed by atoms with Crippen LogP contribution in [0.2, 0.25) is 5.02 Å². The van der Waals surface area contributed by atoms with Crippen LogP contribution in [0.5, 0.6) is 11.5 Å². The van der Waals surface area contributed by atoms with E-state index < -0.39 is 4.92 Å². The van der Waals surface area contributed by atoms with E-state index >= 15 is 0 Å². The van der Waals surface area contributed by atoms with Crippen molar-refractivity contribution in [2.75, 3.05) is 13.4 Å². The number of rotatable bonds is 9. The molecule has 0 heterocycles. The number of nitro groups is 1. The SMILES string of the molecule is COc1cc(/C=N\NC(=O)Cc2cc(Cl)ccc2SC)cc([N+](=O)[O-])c1OC(C)C. The molecule has 10 heteroatoms. The maximum Gasteiger partial charge on any atom is 0.315 e. The van der Waals surface area contributed by atoms with E-state index in [1.165, 1.54) is 31.2 Å². The highest BCUT2D eigenvalue weighted by Gasteiger charge is 2.23. The first kappa shape index (κ1) is 23.5. The third-order valence-corrected chi connectivity index (χ3v) is 4.90. The smallest absolute Gasteiger partial charge is 0.315 e. The van der Waals surface area contributed by atoms with Crippen molar-refractivity contribution in [1.82, 2.24) is 5.43 Å². The molecule has 2 aromatic rings. The highest BCUT2D eigenvalue weighted by molar-refractivity contribution is 7.98. The molecule has 8 nitrogen and oxygen atoms in total. The summed E-state index contributed by atoms with van der Waals surface area (Å²) in [5, 5.41) is 15.9. The quantitative estimate of drug-likeness (QED) is 0.261. The van der Waals surface area contributed by atoms with Crippen molar-refractivity contribution in [2.45, 2.75) is 31.3 Å². The Morgan fingerprint density at radius 3 is 2.70 bits per heavy atom. The Labute approximate surface area is 183 Å². The summed E-state index contributed by atoms with van der Waals surface area (Å²) < 4.78 is 10.8. The average Bonchev–Trinajstić information content (AvgIpc) is 2.68. The van der Waals surface area contributed by atoms with Gasteiger partial charge >= 0.3 is 5.69 Å². The Morgan fingerprint density at radius 1 is 1.37 bits per heavy atom. The van der Waals surface area contributed by atoms with E-state index in [-0.39, 0.29) is 35.6 Å². The van der Waals surface area contributed by atoms with Crippen LogP contribution >= 0.6 is 23.4 Å². The number of carbonyl (C=O) groups is 1. The fourth-order valence-electron chi connectivity index (χ4n) is 2.60. The zero-order chi connectivity index (χ0) is 22.3. The summed E-state index contributed by atoms with van der Waals surface area (Å²) in [5.74, 6) is -0.0940. The van der Waals surface area contributed by atoms with Crippen molar-refractivity contribution in [3.05, 3.63) is 56.6 Å². The lowest BCUT2D eigenvalue weighted by Crippen LogP contribution is -2.20. The number of nitrogens with zero attached hydrogens (tertiary/aromatic N) is 2. The zero-order valence-electron chi connectivity index (χ0n) is 17.0. The maximum absolute atomic E-state index is 12.2. The fourth-order valence-corrected chi connectivity index (χ4v) is 3.39. The van der Waals surface area contributed by atoms with Crippen molar-refractivity contribution in [3.8, 4) is 11.5 Å². The van der Waals surface area contributed by atoms with Crippen molar-refractivity contribution < 1.29 is 19.2 Å². The van der Waals surface area contributed by atoms with Crippen molar-refractivity contribution in [2.24, 2.45) is 5.10 Å². The lowest BCUT2D eigenvalue weighted by molar-refractivity contribution is -0.386. The zero-order valence-corrected chi connectivity index (χ0v) is 18.5. The van der Waals surface area contributed by atoms with Crippen LogP contribution < -0.4 is 14.9 Å². The Balaban J connectivity index is 2.17. The summed E-state index contributed by atoms with van der Waals surface area (Å²) >= 11 is 7.52. The molecule has 0 atom stereocenters. The topological polar surface area (TPSA) is 103 Å². The van der Waals surface area contributed by atoms with E-state index in [0.29, 0.717) is 10.6 Å². The van der Waals surface area contributed by atoms with Crippen LogP contribution in [0.15, 0.2) is 40.3 Å². The third kappa shape index (κ3) is 6.36. The lowest BCUT2D eigenvalue weighted by atomic mass is 10.1. The minimum Gasteiger partial charge on any atom is -0.493 e. The molecule has 0 bridgehead atoms. The predicted molar refractivity (Wildman–Crippen MR) is 118 cm³/mol. The number of nitrogens with one attached hydrogen (secondary N) is 1.